The number of nitrogens with zero attached hydrogens (tertiary/aromatic N) is 2. The molecular weight excluding hydrogens is 200 g/mol. The molecule has 2 rings (SSSR count). The minimum absolute atomic E-state index is 0.165. The number of rotatable bonds is 3. The van der Waals surface area contributed by atoms with Gasteiger partial charge in [0, 0.05) is 24.1 Å². The molecule has 0 atom stereocenters. The lowest BCUT2D eigenvalue weighted by atomic mass is 10.1. The van der Waals surface area contributed by atoms with Gasteiger partial charge in [0.05, 0.1) is 0 Å². The normalized spacial score (nSPS) is 10.4. The van der Waals surface area contributed by atoms with E-state index in [0.717, 1.165) is 22.6 Å². The molecule has 0 spiro atoms. The molecule has 3 heteroatoms. The highest BCUT2D eigenvalue weighted by atomic mass is 16.2. The number of benzene rings is 1. The third-order valence-electron chi connectivity index (χ3n) is 2.38. The molecule has 16 heavy (non-hydrogen) atoms. The lowest BCUT2D eigenvalue weighted by Crippen LogP contribution is -1.94. The maximum atomic E-state index is 8.89. The summed E-state index contributed by atoms with van der Waals surface area (Å²) in [5.41, 5.74) is 3.05. The van der Waals surface area contributed by atoms with Crippen LogP contribution in [0.25, 0.3) is 11.4 Å². The topological polar surface area (TPSA) is 46.0 Å². The van der Waals surface area contributed by atoms with Crippen LogP contribution in [0.4, 0.5) is 0 Å². The van der Waals surface area contributed by atoms with Crippen LogP contribution in [0.3, 0.4) is 0 Å². The van der Waals surface area contributed by atoms with Gasteiger partial charge in [-0.05, 0) is 31.0 Å². The van der Waals surface area contributed by atoms with Gasteiger partial charge in [0.2, 0.25) is 0 Å². The second-order valence-electron chi connectivity index (χ2n) is 3.70. The molecule has 0 unspecified atom stereocenters. The van der Waals surface area contributed by atoms with Crippen molar-refractivity contribution in [2.24, 2.45) is 0 Å². The molecule has 1 N–H and O–H groups in total. The minimum atomic E-state index is 0.165. The Morgan fingerprint density at radius 2 is 2.12 bits per heavy atom. The molecule has 0 fully saturated rings. The van der Waals surface area contributed by atoms with Crippen molar-refractivity contribution in [2.75, 3.05) is 6.61 Å². The summed E-state index contributed by atoms with van der Waals surface area (Å²) in [7, 11) is 0. The average Bonchev–Trinajstić information content (AvgIpc) is 2.30. The zero-order valence-electron chi connectivity index (χ0n) is 9.22. The fraction of sp³-hybridized carbons (Fsp3) is 0.231. The Balaban J connectivity index is 2.36. The first-order chi connectivity index (χ1) is 7.79. The first-order valence-electron chi connectivity index (χ1n) is 5.29. The summed E-state index contributed by atoms with van der Waals surface area (Å²) in [6.45, 7) is 2.11. The zero-order valence-corrected chi connectivity index (χ0v) is 9.22. The van der Waals surface area contributed by atoms with E-state index in [1.165, 1.54) is 0 Å². The molecule has 2 aromatic rings. The highest BCUT2D eigenvalue weighted by Crippen LogP contribution is 2.16. The van der Waals surface area contributed by atoms with E-state index in [1.54, 1.807) is 6.20 Å². The molecular formula is C13H14N2O. The molecule has 1 aromatic heterocycles. The Morgan fingerprint density at radius 3 is 2.88 bits per heavy atom. The summed E-state index contributed by atoms with van der Waals surface area (Å²) in [5.74, 6) is 0.736. The molecule has 0 radical (unpaired) electrons. The van der Waals surface area contributed by atoms with Crippen LogP contribution in [-0.2, 0) is 6.42 Å². The Morgan fingerprint density at radius 1 is 1.25 bits per heavy atom. The van der Waals surface area contributed by atoms with Crippen molar-refractivity contribution in [3.05, 3.63) is 47.8 Å². The molecule has 1 aromatic carbocycles. The van der Waals surface area contributed by atoms with Crippen molar-refractivity contribution in [1.82, 2.24) is 9.97 Å². The van der Waals surface area contributed by atoms with Crippen molar-refractivity contribution in [3.63, 3.8) is 0 Å². The molecule has 3 nitrogen and oxygen atoms in total. The summed E-state index contributed by atoms with van der Waals surface area (Å²) < 4.78 is 0. The number of aromatic nitrogens is 2. The maximum absolute atomic E-state index is 8.89. The van der Waals surface area contributed by atoms with Gasteiger partial charge < -0.3 is 5.11 Å². The standard InChI is InChI=1S/C13H14N2O/c1-10-5-7-14-13(15-10)12-4-2-3-11(9-12)6-8-16/h2-5,7,9,16H,6,8H2,1H3. The molecule has 1 heterocycles. The van der Waals surface area contributed by atoms with Crippen LogP contribution >= 0.6 is 0 Å². The van der Waals surface area contributed by atoms with E-state index >= 15 is 0 Å². The Labute approximate surface area is 94.8 Å². The molecule has 0 saturated heterocycles. The molecule has 0 saturated carbocycles. The molecule has 0 aliphatic heterocycles. The Bertz CT molecular complexity index is 483. The number of hydrogen-bond acceptors (Lipinski definition) is 3. The molecule has 0 aliphatic carbocycles. The third kappa shape index (κ3) is 2.44. The maximum Gasteiger partial charge on any atom is 0.159 e. The second-order valence-corrected chi connectivity index (χ2v) is 3.70. The molecule has 0 amide bonds. The highest BCUT2D eigenvalue weighted by Gasteiger charge is 2.01. The zero-order chi connectivity index (χ0) is 11.4. The quantitative estimate of drug-likeness (QED) is 0.849. The van der Waals surface area contributed by atoms with E-state index < -0.39 is 0 Å². The first kappa shape index (κ1) is 10.8. The van der Waals surface area contributed by atoms with Gasteiger partial charge in [0.25, 0.3) is 0 Å². The monoisotopic (exact) mass is 214 g/mol. The summed E-state index contributed by atoms with van der Waals surface area (Å²) in [5, 5.41) is 8.89. The van der Waals surface area contributed by atoms with Gasteiger partial charge in [-0.1, -0.05) is 18.2 Å². The van der Waals surface area contributed by atoms with E-state index in [0.29, 0.717) is 6.42 Å². The van der Waals surface area contributed by atoms with E-state index in [-0.39, 0.29) is 6.61 Å². The van der Waals surface area contributed by atoms with Crippen molar-refractivity contribution < 1.29 is 5.11 Å². The van der Waals surface area contributed by atoms with Gasteiger partial charge in [-0.25, -0.2) is 9.97 Å². The number of aliphatic hydroxyl groups is 1. The summed E-state index contributed by atoms with van der Waals surface area (Å²) in [6, 6.07) is 9.84. The molecule has 0 aliphatic rings. The van der Waals surface area contributed by atoms with E-state index in [4.69, 9.17) is 5.11 Å². The fourth-order valence-corrected chi connectivity index (χ4v) is 1.58. The lowest BCUT2D eigenvalue weighted by molar-refractivity contribution is 0.299. The predicted octanol–water partition coefficient (Wildman–Crippen LogP) is 1.99. The predicted molar refractivity (Wildman–Crippen MR) is 63.0 cm³/mol. The van der Waals surface area contributed by atoms with Gasteiger partial charge in [0.15, 0.2) is 5.82 Å². The highest BCUT2D eigenvalue weighted by molar-refractivity contribution is 5.55. The van der Waals surface area contributed by atoms with Crippen molar-refractivity contribution in [2.45, 2.75) is 13.3 Å². The summed E-state index contributed by atoms with van der Waals surface area (Å²) in [4.78, 5) is 8.61. The summed E-state index contributed by atoms with van der Waals surface area (Å²) in [6.07, 6.45) is 2.43. The number of aliphatic hydroxyl groups excluding tert-OH is 1. The Kier molecular flexibility index (Phi) is 3.27. The van der Waals surface area contributed by atoms with Crippen LogP contribution in [0.2, 0.25) is 0 Å². The third-order valence-corrected chi connectivity index (χ3v) is 2.38. The fourth-order valence-electron chi connectivity index (χ4n) is 1.58. The van der Waals surface area contributed by atoms with Crippen LogP contribution in [0.15, 0.2) is 36.5 Å². The Hall–Kier alpha value is -1.74. The van der Waals surface area contributed by atoms with Crippen LogP contribution in [0, 0.1) is 6.92 Å². The molecule has 82 valence electrons. The van der Waals surface area contributed by atoms with E-state index in [1.807, 2.05) is 37.3 Å². The SMILES string of the molecule is Cc1ccnc(-c2cccc(CCO)c2)n1. The van der Waals surface area contributed by atoms with Crippen molar-refractivity contribution >= 4 is 0 Å². The van der Waals surface area contributed by atoms with Crippen LogP contribution < -0.4 is 0 Å². The minimum Gasteiger partial charge on any atom is -0.396 e. The number of aryl methyl sites for hydroxylation is 1. The summed E-state index contributed by atoms with van der Waals surface area (Å²) >= 11 is 0. The van der Waals surface area contributed by atoms with Crippen LogP contribution in [0.5, 0.6) is 0 Å². The van der Waals surface area contributed by atoms with Gasteiger partial charge in [-0.3, -0.25) is 0 Å². The van der Waals surface area contributed by atoms with Crippen molar-refractivity contribution in [1.29, 1.82) is 0 Å². The van der Waals surface area contributed by atoms with Gasteiger partial charge in [0.1, 0.15) is 0 Å². The van der Waals surface area contributed by atoms with Crippen molar-refractivity contribution in [3.8, 4) is 11.4 Å². The van der Waals surface area contributed by atoms with Gasteiger partial charge >= 0.3 is 0 Å². The first-order valence-corrected chi connectivity index (χ1v) is 5.29. The van der Waals surface area contributed by atoms with E-state index in [2.05, 4.69) is 9.97 Å². The smallest absolute Gasteiger partial charge is 0.159 e. The molecule has 0 bridgehead atoms. The number of hydrogen-bond donors (Lipinski definition) is 1. The second kappa shape index (κ2) is 4.86. The lowest BCUT2D eigenvalue weighted by Gasteiger charge is -2.03. The van der Waals surface area contributed by atoms with Crippen LogP contribution in [-0.4, -0.2) is 21.7 Å². The average molecular weight is 214 g/mol. The van der Waals surface area contributed by atoms with E-state index in [9.17, 15) is 0 Å². The van der Waals surface area contributed by atoms with Gasteiger partial charge in [-0.15, -0.1) is 0 Å². The van der Waals surface area contributed by atoms with Gasteiger partial charge in [-0.2, -0.15) is 0 Å². The largest absolute Gasteiger partial charge is 0.396 e. The van der Waals surface area contributed by atoms with Crippen LogP contribution in [0.1, 0.15) is 11.3 Å².